The van der Waals surface area contributed by atoms with Crippen LogP contribution in [0.5, 0.6) is 5.75 Å². The van der Waals surface area contributed by atoms with E-state index in [0.29, 0.717) is 11.4 Å². The first-order valence-corrected chi connectivity index (χ1v) is 6.87. The zero-order chi connectivity index (χ0) is 15.2. The van der Waals surface area contributed by atoms with Crippen LogP contribution in [0.4, 0.5) is 10.5 Å². The van der Waals surface area contributed by atoms with Gasteiger partial charge in [-0.05, 0) is 37.1 Å². The molecular weight excluding hydrogens is 264 g/mol. The molecule has 2 aromatic carbocycles. The van der Waals surface area contributed by atoms with Gasteiger partial charge in [0.25, 0.3) is 0 Å². The molecule has 2 aromatic rings. The summed E-state index contributed by atoms with van der Waals surface area (Å²) < 4.78 is 5.25. The summed E-state index contributed by atoms with van der Waals surface area (Å²) in [5, 5.41) is 5.74. The molecule has 0 aromatic heterocycles. The van der Waals surface area contributed by atoms with Crippen molar-refractivity contribution < 1.29 is 9.53 Å². The number of carbonyl (C=O) groups excluding carboxylic acids is 1. The molecule has 0 unspecified atom stereocenters. The Balaban J connectivity index is 2.04. The maximum atomic E-state index is 12.1. The maximum absolute atomic E-state index is 12.1. The fourth-order valence-electron chi connectivity index (χ4n) is 2.10. The van der Waals surface area contributed by atoms with Crippen molar-refractivity contribution >= 4 is 11.7 Å². The van der Waals surface area contributed by atoms with Gasteiger partial charge in [-0.25, -0.2) is 4.79 Å². The normalized spacial score (nSPS) is 11.6. The van der Waals surface area contributed by atoms with Gasteiger partial charge in [0.05, 0.1) is 18.8 Å². The number of rotatable bonds is 4. The third kappa shape index (κ3) is 3.99. The van der Waals surface area contributed by atoms with Crippen molar-refractivity contribution in [1.29, 1.82) is 0 Å². The molecule has 0 heterocycles. The number of nitrogens with one attached hydrogen (secondary N) is 2. The van der Waals surface area contributed by atoms with Gasteiger partial charge in [-0.1, -0.05) is 36.4 Å². The number of carbonyl (C=O) groups is 1. The fraction of sp³-hybridized carbons (Fsp3) is 0.235. The molecule has 0 radical (unpaired) electrons. The van der Waals surface area contributed by atoms with Crippen LogP contribution in [0.15, 0.2) is 48.5 Å². The quantitative estimate of drug-likeness (QED) is 0.895. The van der Waals surface area contributed by atoms with Crippen molar-refractivity contribution in [2.45, 2.75) is 19.9 Å². The van der Waals surface area contributed by atoms with Crippen LogP contribution in [-0.2, 0) is 0 Å². The summed E-state index contributed by atoms with van der Waals surface area (Å²) in [5.74, 6) is 0.642. The summed E-state index contributed by atoms with van der Waals surface area (Å²) in [6, 6.07) is 15.2. The average Bonchev–Trinajstić information content (AvgIpc) is 2.48. The highest BCUT2D eigenvalue weighted by Gasteiger charge is 2.11. The summed E-state index contributed by atoms with van der Waals surface area (Å²) in [7, 11) is 1.58. The number of hydrogen-bond donors (Lipinski definition) is 2. The Morgan fingerprint density at radius 1 is 1.14 bits per heavy atom. The molecular formula is C17H20N2O2. The Labute approximate surface area is 125 Å². The van der Waals surface area contributed by atoms with E-state index in [9.17, 15) is 4.79 Å². The molecule has 0 spiro atoms. The van der Waals surface area contributed by atoms with Crippen LogP contribution < -0.4 is 15.4 Å². The minimum absolute atomic E-state index is 0.0676. The van der Waals surface area contributed by atoms with Gasteiger partial charge in [0.15, 0.2) is 0 Å². The van der Waals surface area contributed by atoms with Gasteiger partial charge in [-0.3, -0.25) is 0 Å². The van der Waals surface area contributed by atoms with Crippen LogP contribution in [0.25, 0.3) is 0 Å². The Kier molecular flexibility index (Phi) is 4.82. The van der Waals surface area contributed by atoms with Gasteiger partial charge < -0.3 is 15.4 Å². The highest BCUT2D eigenvalue weighted by Crippen LogP contribution is 2.25. The van der Waals surface area contributed by atoms with Gasteiger partial charge in [0, 0.05) is 0 Å². The molecule has 2 rings (SSSR count). The second-order valence-electron chi connectivity index (χ2n) is 4.93. The lowest BCUT2D eigenvalue weighted by molar-refractivity contribution is 0.249. The lowest BCUT2D eigenvalue weighted by atomic mass is 10.1. The van der Waals surface area contributed by atoms with Gasteiger partial charge in [0.2, 0.25) is 0 Å². The predicted octanol–water partition coefficient (Wildman–Crippen LogP) is 3.89. The van der Waals surface area contributed by atoms with Crippen molar-refractivity contribution in [3.05, 3.63) is 59.7 Å². The van der Waals surface area contributed by atoms with E-state index in [2.05, 4.69) is 10.6 Å². The van der Waals surface area contributed by atoms with Crippen LogP contribution in [0.1, 0.15) is 24.1 Å². The summed E-state index contributed by atoms with van der Waals surface area (Å²) in [6.45, 7) is 3.91. The SMILES string of the molecule is COc1ccc(C)cc1NC(=O)N[C@@H](C)c1ccccc1. The second-order valence-corrected chi connectivity index (χ2v) is 4.93. The zero-order valence-corrected chi connectivity index (χ0v) is 12.5. The third-order valence-corrected chi connectivity index (χ3v) is 3.25. The molecule has 0 aliphatic rings. The lowest BCUT2D eigenvalue weighted by Crippen LogP contribution is -2.31. The van der Waals surface area contributed by atoms with Gasteiger partial charge >= 0.3 is 6.03 Å². The number of anilines is 1. The molecule has 2 N–H and O–H groups in total. The summed E-state index contributed by atoms with van der Waals surface area (Å²) in [4.78, 5) is 12.1. The number of urea groups is 1. The molecule has 110 valence electrons. The minimum Gasteiger partial charge on any atom is -0.495 e. The second kappa shape index (κ2) is 6.79. The van der Waals surface area contributed by atoms with Crippen molar-refractivity contribution in [2.24, 2.45) is 0 Å². The monoisotopic (exact) mass is 284 g/mol. The first-order valence-electron chi connectivity index (χ1n) is 6.87. The van der Waals surface area contributed by atoms with E-state index in [0.717, 1.165) is 11.1 Å². The van der Waals surface area contributed by atoms with Gasteiger partial charge in [0.1, 0.15) is 5.75 Å². The van der Waals surface area contributed by atoms with E-state index in [-0.39, 0.29) is 12.1 Å². The van der Waals surface area contributed by atoms with Crippen LogP contribution in [0.3, 0.4) is 0 Å². The van der Waals surface area contributed by atoms with Crippen molar-refractivity contribution in [1.82, 2.24) is 5.32 Å². The Morgan fingerprint density at radius 2 is 1.86 bits per heavy atom. The van der Waals surface area contributed by atoms with E-state index >= 15 is 0 Å². The Bertz CT molecular complexity index is 611. The highest BCUT2D eigenvalue weighted by molar-refractivity contribution is 5.91. The molecule has 21 heavy (non-hydrogen) atoms. The van der Waals surface area contributed by atoms with Gasteiger partial charge in [-0.2, -0.15) is 0 Å². The largest absolute Gasteiger partial charge is 0.495 e. The number of methoxy groups -OCH3 is 1. The van der Waals surface area contributed by atoms with Crippen molar-refractivity contribution in [2.75, 3.05) is 12.4 Å². The topological polar surface area (TPSA) is 50.4 Å². The molecule has 0 saturated carbocycles. The molecule has 4 nitrogen and oxygen atoms in total. The smallest absolute Gasteiger partial charge is 0.319 e. The predicted molar refractivity (Wildman–Crippen MR) is 84.7 cm³/mol. The molecule has 1 atom stereocenters. The van der Waals surface area contributed by atoms with Crippen LogP contribution in [0.2, 0.25) is 0 Å². The molecule has 0 saturated heterocycles. The zero-order valence-electron chi connectivity index (χ0n) is 12.5. The number of aryl methyl sites for hydroxylation is 1. The minimum atomic E-state index is -0.254. The Morgan fingerprint density at radius 3 is 2.52 bits per heavy atom. The van der Waals surface area contributed by atoms with E-state index in [1.807, 2.05) is 62.4 Å². The standard InChI is InChI=1S/C17H20N2O2/c1-12-9-10-16(21-3)15(11-12)19-17(20)18-13(2)14-7-5-4-6-8-14/h4-11,13H,1-3H3,(H2,18,19,20)/t13-/m0/s1. The fourth-order valence-corrected chi connectivity index (χ4v) is 2.10. The number of benzene rings is 2. The third-order valence-electron chi connectivity index (χ3n) is 3.25. The van der Waals surface area contributed by atoms with Crippen LogP contribution in [-0.4, -0.2) is 13.1 Å². The molecule has 4 heteroatoms. The molecule has 0 bridgehead atoms. The Hall–Kier alpha value is -2.49. The molecule has 0 aliphatic carbocycles. The van der Waals surface area contributed by atoms with E-state index in [1.165, 1.54) is 0 Å². The first-order chi connectivity index (χ1) is 10.1. The van der Waals surface area contributed by atoms with E-state index in [1.54, 1.807) is 7.11 Å². The maximum Gasteiger partial charge on any atom is 0.319 e. The van der Waals surface area contributed by atoms with Crippen LogP contribution >= 0.6 is 0 Å². The summed E-state index contributed by atoms with van der Waals surface area (Å²) in [6.07, 6.45) is 0. The van der Waals surface area contributed by atoms with Crippen molar-refractivity contribution in [3.8, 4) is 5.75 Å². The summed E-state index contributed by atoms with van der Waals surface area (Å²) >= 11 is 0. The summed E-state index contributed by atoms with van der Waals surface area (Å²) in [5.41, 5.74) is 2.78. The number of ether oxygens (including phenoxy) is 1. The van der Waals surface area contributed by atoms with E-state index in [4.69, 9.17) is 4.74 Å². The van der Waals surface area contributed by atoms with Gasteiger partial charge in [-0.15, -0.1) is 0 Å². The first kappa shape index (κ1) is 14.9. The number of hydrogen-bond acceptors (Lipinski definition) is 2. The molecule has 2 amide bonds. The molecule has 0 fully saturated rings. The van der Waals surface area contributed by atoms with Crippen LogP contribution in [0, 0.1) is 6.92 Å². The average molecular weight is 284 g/mol. The highest BCUT2D eigenvalue weighted by atomic mass is 16.5. The van der Waals surface area contributed by atoms with E-state index < -0.39 is 0 Å². The number of amides is 2. The van der Waals surface area contributed by atoms with Crippen molar-refractivity contribution in [3.63, 3.8) is 0 Å². The lowest BCUT2D eigenvalue weighted by Gasteiger charge is -2.16. The molecule has 0 aliphatic heterocycles.